The fraction of sp³-hybridized carbons (Fsp3) is 0.333. The molecule has 0 spiro atoms. The summed E-state index contributed by atoms with van der Waals surface area (Å²) < 4.78 is 26.3. The first-order valence-electron chi connectivity index (χ1n) is 9.52. The van der Waals surface area contributed by atoms with Crippen LogP contribution in [-0.4, -0.2) is 28.2 Å². The SMILES string of the molecule is Cc1c(C(C)NCc2cc(Cl)c3c(c2)OCCCO3)nnn1-c1ccc(F)cc1. The maximum atomic E-state index is 13.2. The summed E-state index contributed by atoms with van der Waals surface area (Å²) in [7, 11) is 0. The van der Waals surface area contributed by atoms with Crippen molar-refractivity contribution in [2.75, 3.05) is 13.2 Å². The van der Waals surface area contributed by atoms with Gasteiger partial charge in [-0.2, -0.15) is 0 Å². The zero-order chi connectivity index (χ0) is 20.4. The Balaban J connectivity index is 1.48. The Hall–Kier alpha value is -2.64. The molecule has 1 atom stereocenters. The lowest BCUT2D eigenvalue weighted by atomic mass is 10.1. The van der Waals surface area contributed by atoms with Crippen LogP contribution in [0.2, 0.25) is 5.02 Å². The fourth-order valence-corrected chi connectivity index (χ4v) is 3.61. The molecule has 0 fully saturated rings. The quantitative estimate of drug-likeness (QED) is 0.668. The summed E-state index contributed by atoms with van der Waals surface area (Å²) in [6.45, 7) is 5.77. The van der Waals surface area contributed by atoms with Gasteiger partial charge < -0.3 is 14.8 Å². The van der Waals surface area contributed by atoms with Crippen LogP contribution >= 0.6 is 11.6 Å². The molecule has 2 heterocycles. The molecule has 2 aromatic carbocycles. The standard InChI is InChI=1S/C21H22ClFN4O2/c1-13(20-14(2)27(26-25-20)17-6-4-16(23)5-7-17)24-12-15-10-18(22)21-19(11-15)28-8-3-9-29-21/h4-7,10-11,13,24H,3,8-9,12H2,1-2H3. The molecule has 1 aliphatic heterocycles. The van der Waals surface area contributed by atoms with Crippen LogP contribution in [0.15, 0.2) is 36.4 Å². The van der Waals surface area contributed by atoms with Crippen LogP contribution in [0.3, 0.4) is 0 Å². The van der Waals surface area contributed by atoms with Gasteiger partial charge in [-0.1, -0.05) is 16.8 Å². The fourth-order valence-electron chi connectivity index (χ4n) is 3.32. The Bertz CT molecular complexity index is 1010. The highest BCUT2D eigenvalue weighted by atomic mass is 35.5. The van der Waals surface area contributed by atoms with Crippen molar-refractivity contribution in [3.63, 3.8) is 0 Å². The van der Waals surface area contributed by atoms with Crippen molar-refractivity contribution >= 4 is 11.6 Å². The molecule has 1 N–H and O–H groups in total. The number of nitrogens with zero attached hydrogens (tertiary/aromatic N) is 3. The van der Waals surface area contributed by atoms with E-state index in [-0.39, 0.29) is 11.9 Å². The maximum absolute atomic E-state index is 13.2. The molecule has 3 aromatic rings. The molecule has 0 saturated heterocycles. The van der Waals surface area contributed by atoms with Gasteiger partial charge in [0.25, 0.3) is 0 Å². The Labute approximate surface area is 173 Å². The van der Waals surface area contributed by atoms with E-state index in [4.69, 9.17) is 21.1 Å². The normalized spacial score (nSPS) is 14.5. The maximum Gasteiger partial charge on any atom is 0.179 e. The van der Waals surface area contributed by atoms with Crippen molar-refractivity contribution in [3.8, 4) is 17.2 Å². The van der Waals surface area contributed by atoms with Crippen LogP contribution in [0.5, 0.6) is 11.5 Å². The van der Waals surface area contributed by atoms with Crippen molar-refractivity contribution in [1.29, 1.82) is 0 Å². The average molecular weight is 417 g/mol. The Morgan fingerprint density at radius 3 is 2.76 bits per heavy atom. The van der Waals surface area contributed by atoms with Gasteiger partial charge in [-0.15, -0.1) is 5.10 Å². The van der Waals surface area contributed by atoms with E-state index in [9.17, 15) is 4.39 Å². The van der Waals surface area contributed by atoms with Crippen molar-refractivity contribution in [2.45, 2.75) is 32.9 Å². The van der Waals surface area contributed by atoms with Crippen molar-refractivity contribution in [2.24, 2.45) is 0 Å². The Kier molecular flexibility index (Phi) is 5.69. The van der Waals surface area contributed by atoms with Gasteiger partial charge in [-0.05, 0) is 55.8 Å². The van der Waals surface area contributed by atoms with E-state index in [1.807, 2.05) is 26.0 Å². The number of aromatic nitrogens is 3. The van der Waals surface area contributed by atoms with E-state index in [0.29, 0.717) is 36.3 Å². The van der Waals surface area contributed by atoms with Gasteiger partial charge in [-0.25, -0.2) is 9.07 Å². The van der Waals surface area contributed by atoms with Crippen LogP contribution in [0.4, 0.5) is 4.39 Å². The third kappa shape index (κ3) is 4.21. The third-order valence-electron chi connectivity index (χ3n) is 4.89. The summed E-state index contributed by atoms with van der Waals surface area (Å²) in [4.78, 5) is 0. The lowest BCUT2D eigenvalue weighted by molar-refractivity contribution is 0.297. The minimum absolute atomic E-state index is 0.0426. The molecular weight excluding hydrogens is 395 g/mol. The molecule has 1 aromatic heterocycles. The molecule has 29 heavy (non-hydrogen) atoms. The predicted octanol–water partition coefficient (Wildman–Crippen LogP) is 4.38. The third-order valence-corrected chi connectivity index (χ3v) is 5.17. The van der Waals surface area contributed by atoms with Crippen molar-refractivity contribution < 1.29 is 13.9 Å². The largest absolute Gasteiger partial charge is 0.489 e. The van der Waals surface area contributed by atoms with E-state index < -0.39 is 0 Å². The Morgan fingerprint density at radius 1 is 1.21 bits per heavy atom. The van der Waals surface area contributed by atoms with E-state index in [1.54, 1.807) is 16.8 Å². The van der Waals surface area contributed by atoms with E-state index in [2.05, 4.69) is 15.6 Å². The first kappa shape index (κ1) is 19.7. The predicted molar refractivity (Wildman–Crippen MR) is 108 cm³/mol. The number of rotatable bonds is 5. The second-order valence-electron chi connectivity index (χ2n) is 7.01. The average Bonchev–Trinajstić information content (AvgIpc) is 2.93. The lowest BCUT2D eigenvalue weighted by Gasteiger charge is -2.15. The zero-order valence-corrected chi connectivity index (χ0v) is 17.0. The van der Waals surface area contributed by atoms with Crippen LogP contribution in [0.25, 0.3) is 5.69 Å². The summed E-state index contributed by atoms with van der Waals surface area (Å²) in [6, 6.07) is 9.97. The number of ether oxygens (including phenoxy) is 2. The Morgan fingerprint density at radius 2 is 1.97 bits per heavy atom. The minimum Gasteiger partial charge on any atom is -0.489 e. The number of hydrogen-bond donors (Lipinski definition) is 1. The molecule has 0 bridgehead atoms. The highest BCUT2D eigenvalue weighted by Gasteiger charge is 2.18. The molecule has 0 aliphatic carbocycles. The molecule has 0 radical (unpaired) electrons. The van der Waals surface area contributed by atoms with Gasteiger partial charge in [0, 0.05) is 13.0 Å². The van der Waals surface area contributed by atoms with Gasteiger partial charge in [0.15, 0.2) is 11.5 Å². The first-order chi connectivity index (χ1) is 14.0. The number of benzene rings is 2. The van der Waals surface area contributed by atoms with E-state index in [1.165, 1.54) is 12.1 Å². The number of halogens is 2. The van der Waals surface area contributed by atoms with Crippen molar-refractivity contribution in [3.05, 3.63) is 64.2 Å². The van der Waals surface area contributed by atoms with Gasteiger partial charge in [0.2, 0.25) is 0 Å². The van der Waals surface area contributed by atoms with Crippen LogP contribution in [0, 0.1) is 12.7 Å². The number of nitrogens with one attached hydrogen (secondary N) is 1. The molecule has 4 rings (SSSR count). The van der Waals surface area contributed by atoms with E-state index >= 15 is 0 Å². The van der Waals surface area contributed by atoms with Crippen LogP contribution < -0.4 is 14.8 Å². The van der Waals surface area contributed by atoms with Gasteiger partial charge in [0.05, 0.1) is 35.7 Å². The van der Waals surface area contributed by atoms with Crippen LogP contribution in [-0.2, 0) is 6.54 Å². The number of fused-ring (bicyclic) bond motifs is 1. The van der Waals surface area contributed by atoms with Crippen LogP contribution in [0.1, 0.15) is 36.3 Å². The minimum atomic E-state index is -0.282. The van der Waals surface area contributed by atoms with Crippen molar-refractivity contribution in [1.82, 2.24) is 20.3 Å². The van der Waals surface area contributed by atoms with Gasteiger partial charge in [-0.3, -0.25) is 0 Å². The monoisotopic (exact) mass is 416 g/mol. The second kappa shape index (κ2) is 8.39. The highest BCUT2D eigenvalue weighted by molar-refractivity contribution is 6.32. The second-order valence-corrected chi connectivity index (χ2v) is 7.41. The summed E-state index contributed by atoms with van der Waals surface area (Å²) in [6.07, 6.45) is 0.832. The summed E-state index contributed by atoms with van der Waals surface area (Å²) >= 11 is 6.37. The molecule has 1 aliphatic rings. The summed E-state index contributed by atoms with van der Waals surface area (Å²) in [5.74, 6) is 1.01. The molecule has 0 saturated carbocycles. The molecule has 6 nitrogen and oxygen atoms in total. The highest BCUT2D eigenvalue weighted by Crippen LogP contribution is 2.38. The zero-order valence-electron chi connectivity index (χ0n) is 16.3. The molecule has 152 valence electrons. The molecule has 8 heteroatoms. The molecule has 0 amide bonds. The topological polar surface area (TPSA) is 61.2 Å². The molecular formula is C21H22ClFN4O2. The summed E-state index contributed by atoms with van der Waals surface area (Å²) in [5, 5.41) is 12.5. The van der Waals surface area contributed by atoms with E-state index in [0.717, 1.165) is 29.1 Å². The number of hydrogen-bond acceptors (Lipinski definition) is 5. The smallest absolute Gasteiger partial charge is 0.179 e. The lowest BCUT2D eigenvalue weighted by Crippen LogP contribution is -2.19. The van der Waals surface area contributed by atoms with Gasteiger partial charge >= 0.3 is 0 Å². The summed E-state index contributed by atoms with van der Waals surface area (Å²) in [5.41, 5.74) is 3.49. The van der Waals surface area contributed by atoms with Gasteiger partial charge in [0.1, 0.15) is 11.5 Å². The first-order valence-corrected chi connectivity index (χ1v) is 9.90. The molecule has 1 unspecified atom stereocenters.